The molecule has 0 aromatic carbocycles. The monoisotopic (exact) mass is 420 g/mol. The van der Waals surface area contributed by atoms with E-state index in [0.29, 0.717) is 30.5 Å². The Morgan fingerprint density at radius 3 is 2.37 bits per heavy atom. The molecule has 0 amide bonds. The molecule has 1 heterocycles. The van der Waals surface area contributed by atoms with Crippen molar-refractivity contribution in [1.29, 1.82) is 0 Å². The van der Waals surface area contributed by atoms with Crippen LogP contribution in [0.15, 0.2) is 12.2 Å². The molecular formula is C11H19Br2O5P. The molecule has 1 fully saturated rings. The van der Waals surface area contributed by atoms with Gasteiger partial charge in [0.25, 0.3) is 0 Å². The molecule has 112 valence electrons. The van der Waals surface area contributed by atoms with Gasteiger partial charge in [0.15, 0.2) is 6.29 Å². The van der Waals surface area contributed by atoms with Gasteiger partial charge in [0, 0.05) is 16.1 Å². The van der Waals surface area contributed by atoms with Crippen LogP contribution >= 0.6 is 39.7 Å². The van der Waals surface area contributed by atoms with Gasteiger partial charge in [-0.15, -0.1) is 0 Å². The standard InChI is InChI=1S/C11H19Br2O5P/c1-9(2)4-15-10(3)18-19(14)16-7-11(5-12,6-13)8-17-19/h10H,1,4-8H2,2-3H3. The van der Waals surface area contributed by atoms with Crippen LogP contribution in [0.1, 0.15) is 13.8 Å². The first-order valence-electron chi connectivity index (χ1n) is 5.80. The smallest absolute Gasteiger partial charge is 0.348 e. The maximum atomic E-state index is 12.2. The fourth-order valence-electron chi connectivity index (χ4n) is 1.23. The molecule has 8 heteroatoms. The van der Waals surface area contributed by atoms with E-state index in [0.717, 1.165) is 5.57 Å². The summed E-state index contributed by atoms with van der Waals surface area (Å²) < 4.78 is 33.3. The van der Waals surface area contributed by atoms with E-state index in [9.17, 15) is 4.57 Å². The minimum absolute atomic E-state index is 0.223. The lowest BCUT2D eigenvalue weighted by molar-refractivity contribution is -0.0946. The van der Waals surface area contributed by atoms with Crippen molar-refractivity contribution in [2.45, 2.75) is 20.1 Å². The molecule has 0 spiro atoms. The van der Waals surface area contributed by atoms with Crippen molar-refractivity contribution < 1.29 is 22.9 Å². The molecule has 0 aliphatic carbocycles. The predicted octanol–water partition coefficient (Wildman–Crippen LogP) is 3.87. The van der Waals surface area contributed by atoms with Crippen LogP contribution in [-0.4, -0.2) is 36.8 Å². The van der Waals surface area contributed by atoms with Gasteiger partial charge in [-0.2, -0.15) is 0 Å². The summed E-state index contributed by atoms with van der Waals surface area (Å²) in [7, 11) is -3.53. The molecular weight excluding hydrogens is 403 g/mol. The lowest BCUT2D eigenvalue weighted by Crippen LogP contribution is -2.39. The summed E-state index contributed by atoms with van der Waals surface area (Å²) in [6.45, 7) is 8.13. The Morgan fingerprint density at radius 1 is 1.42 bits per heavy atom. The number of halogens is 2. The number of phosphoric acid groups is 1. The first kappa shape index (κ1) is 17.8. The van der Waals surface area contributed by atoms with Crippen molar-refractivity contribution in [3.05, 3.63) is 12.2 Å². The van der Waals surface area contributed by atoms with Gasteiger partial charge < -0.3 is 4.74 Å². The van der Waals surface area contributed by atoms with Crippen LogP contribution in [0.5, 0.6) is 0 Å². The van der Waals surface area contributed by atoms with Gasteiger partial charge in [-0.1, -0.05) is 44.0 Å². The number of hydrogen-bond acceptors (Lipinski definition) is 5. The Bertz CT molecular complexity index is 345. The van der Waals surface area contributed by atoms with Crippen molar-refractivity contribution in [2.24, 2.45) is 5.41 Å². The van der Waals surface area contributed by atoms with Crippen molar-refractivity contribution in [1.82, 2.24) is 0 Å². The molecule has 1 aliphatic rings. The highest BCUT2D eigenvalue weighted by atomic mass is 79.9. The lowest BCUT2D eigenvalue weighted by atomic mass is 9.96. The van der Waals surface area contributed by atoms with Crippen molar-refractivity contribution in [2.75, 3.05) is 30.5 Å². The quantitative estimate of drug-likeness (QED) is 0.270. The average Bonchev–Trinajstić information content (AvgIpc) is 2.38. The van der Waals surface area contributed by atoms with E-state index in [4.69, 9.17) is 18.3 Å². The normalized spacial score (nSPS) is 22.9. The zero-order valence-corrected chi connectivity index (χ0v) is 15.1. The third kappa shape index (κ3) is 5.58. The van der Waals surface area contributed by atoms with Crippen LogP contribution in [0.2, 0.25) is 0 Å². The second-order valence-corrected chi connectivity index (χ2v) is 7.45. The molecule has 0 aromatic heterocycles. The highest BCUT2D eigenvalue weighted by molar-refractivity contribution is 9.09. The van der Waals surface area contributed by atoms with Crippen LogP contribution in [0, 0.1) is 5.41 Å². The summed E-state index contributed by atoms with van der Waals surface area (Å²) in [4.78, 5) is 0. The topological polar surface area (TPSA) is 54.0 Å². The summed E-state index contributed by atoms with van der Waals surface area (Å²) in [5.74, 6) is 0. The largest absolute Gasteiger partial charge is 0.477 e. The van der Waals surface area contributed by atoms with Crippen molar-refractivity contribution in [3.63, 3.8) is 0 Å². The van der Waals surface area contributed by atoms with E-state index in [1.54, 1.807) is 6.92 Å². The van der Waals surface area contributed by atoms with Gasteiger partial charge in [-0.3, -0.25) is 13.6 Å². The minimum Gasteiger partial charge on any atom is -0.348 e. The highest BCUT2D eigenvalue weighted by Crippen LogP contribution is 2.56. The van der Waals surface area contributed by atoms with Gasteiger partial charge >= 0.3 is 7.82 Å². The Hall–Kier alpha value is 0.770. The molecule has 0 aromatic rings. The molecule has 1 aliphatic heterocycles. The van der Waals surface area contributed by atoms with Gasteiger partial charge in [-0.25, -0.2) is 4.57 Å². The van der Waals surface area contributed by atoms with Crippen molar-refractivity contribution >= 4 is 39.7 Å². The van der Waals surface area contributed by atoms with Gasteiger partial charge in [-0.05, 0) is 13.8 Å². The Kier molecular flexibility index (Phi) is 7.21. The fraction of sp³-hybridized carbons (Fsp3) is 0.818. The zero-order chi connectivity index (χ0) is 14.5. The lowest BCUT2D eigenvalue weighted by Gasteiger charge is -2.36. The van der Waals surface area contributed by atoms with Crippen LogP contribution in [0.25, 0.3) is 0 Å². The molecule has 5 nitrogen and oxygen atoms in total. The number of alkyl halides is 2. The predicted molar refractivity (Wildman–Crippen MR) is 80.8 cm³/mol. The maximum absolute atomic E-state index is 12.2. The Labute approximate surface area is 130 Å². The summed E-state index contributed by atoms with van der Waals surface area (Å²) in [6, 6.07) is 0. The van der Waals surface area contributed by atoms with Crippen LogP contribution < -0.4 is 0 Å². The molecule has 0 bridgehead atoms. The maximum Gasteiger partial charge on any atom is 0.477 e. The van der Waals surface area contributed by atoms with E-state index >= 15 is 0 Å². The van der Waals surface area contributed by atoms with Gasteiger partial charge in [0.05, 0.1) is 19.8 Å². The first-order valence-corrected chi connectivity index (χ1v) is 9.50. The highest BCUT2D eigenvalue weighted by Gasteiger charge is 2.43. The second-order valence-electron chi connectivity index (χ2n) is 4.70. The molecule has 1 rings (SSSR count). The number of hydrogen-bond donors (Lipinski definition) is 0. The van der Waals surface area contributed by atoms with Crippen LogP contribution in [-0.2, 0) is 22.9 Å². The third-order valence-electron chi connectivity index (χ3n) is 2.47. The molecule has 1 saturated heterocycles. The average molecular weight is 422 g/mol. The third-order valence-corrected chi connectivity index (χ3v) is 6.29. The van der Waals surface area contributed by atoms with Gasteiger partial charge in [0.2, 0.25) is 0 Å². The summed E-state index contributed by atoms with van der Waals surface area (Å²) in [5.41, 5.74) is 0.635. The molecule has 19 heavy (non-hydrogen) atoms. The van der Waals surface area contributed by atoms with Crippen LogP contribution in [0.4, 0.5) is 0 Å². The fourth-order valence-corrected chi connectivity index (χ4v) is 4.29. The SMILES string of the molecule is C=C(C)COC(C)OP1(=O)OCC(CBr)(CBr)CO1. The van der Waals surface area contributed by atoms with Crippen LogP contribution in [0.3, 0.4) is 0 Å². The van der Waals surface area contributed by atoms with E-state index in [1.807, 2.05) is 6.92 Å². The zero-order valence-electron chi connectivity index (χ0n) is 11.1. The van der Waals surface area contributed by atoms with E-state index in [2.05, 4.69) is 38.4 Å². The number of phosphoric ester groups is 1. The van der Waals surface area contributed by atoms with Gasteiger partial charge in [0.1, 0.15) is 0 Å². The molecule has 0 saturated carbocycles. The minimum atomic E-state index is -3.53. The molecule has 1 atom stereocenters. The van der Waals surface area contributed by atoms with E-state index in [-0.39, 0.29) is 5.41 Å². The first-order chi connectivity index (χ1) is 8.85. The van der Waals surface area contributed by atoms with E-state index < -0.39 is 14.1 Å². The Morgan fingerprint density at radius 2 is 1.95 bits per heavy atom. The second kappa shape index (κ2) is 7.69. The molecule has 0 radical (unpaired) electrons. The number of rotatable bonds is 7. The molecule has 0 N–H and O–H groups in total. The number of ether oxygens (including phenoxy) is 1. The summed E-state index contributed by atoms with van der Waals surface area (Å²) >= 11 is 6.81. The summed E-state index contributed by atoms with van der Waals surface area (Å²) in [5, 5.41) is 1.37. The Balaban J connectivity index is 2.47. The van der Waals surface area contributed by atoms with Crippen molar-refractivity contribution in [3.8, 4) is 0 Å². The molecule has 1 unspecified atom stereocenters. The van der Waals surface area contributed by atoms with E-state index in [1.165, 1.54) is 0 Å². The summed E-state index contributed by atoms with van der Waals surface area (Å²) in [6.07, 6.45) is -0.678.